The topological polar surface area (TPSA) is 59.4 Å². The number of benzene rings is 1. The van der Waals surface area contributed by atoms with E-state index in [0.717, 1.165) is 30.2 Å². The van der Waals surface area contributed by atoms with E-state index in [0.29, 0.717) is 13.0 Å². The maximum Gasteiger partial charge on any atom is 0.227 e. The lowest BCUT2D eigenvalue weighted by atomic mass is 10.1. The van der Waals surface area contributed by atoms with Crippen molar-refractivity contribution in [3.05, 3.63) is 48.0 Å². The summed E-state index contributed by atoms with van der Waals surface area (Å²) in [6.07, 6.45) is 4.11. The zero-order valence-corrected chi connectivity index (χ0v) is 16.3. The first-order valence-corrected chi connectivity index (χ1v) is 8.78. The summed E-state index contributed by atoms with van der Waals surface area (Å²) < 4.78 is 7.83. The highest BCUT2D eigenvalue weighted by Crippen LogP contribution is 2.24. The molecular formula is C19H27ClN4O2. The van der Waals surface area contributed by atoms with Crippen LogP contribution < -0.4 is 10.1 Å². The first-order chi connectivity index (χ1) is 12.1. The highest BCUT2D eigenvalue weighted by molar-refractivity contribution is 5.85. The molecule has 7 heteroatoms. The Morgan fingerprint density at radius 3 is 2.85 bits per heavy atom. The molecule has 0 spiro atoms. The van der Waals surface area contributed by atoms with Crippen LogP contribution in [0.5, 0.6) is 5.75 Å². The predicted octanol–water partition coefficient (Wildman–Crippen LogP) is 2.34. The fourth-order valence-corrected chi connectivity index (χ4v) is 3.21. The molecule has 1 atom stereocenters. The molecule has 1 saturated heterocycles. The SMILES string of the molecule is CC(C)Oc1ccccc1CC(=O)N1CCNCC1c1nccn1C.Cl. The molecule has 1 aliphatic heterocycles. The van der Waals surface area contributed by atoms with Crippen LogP contribution in [-0.4, -0.2) is 46.1 Å². The number of imidazole rings is 1. The number of nitrogens with zero attached hydrogens (tertiary/aromatic N) is 3. The Balaban J connectivity index is 0.00000243. The Morgan fingerprint density at radius 1 is 1.38 bits per heavy atom. The molecule has 2 aromatic rings. The van der Waals surface area contributed by atoms with Gasteiger partial charge in [-0.15, -0.1) is 12.4 Å². The minimum Gasteiger partial charge on any atom is -0.491 e. The van der Waals surface area contributed by atoms with Crippen LogP contribution in [0, 0.1) is 0 Å². The number of aryl methyl sites for hydroxylation is 1. The van der Waals surface area contributed by atoms with Crippen LogP contribution in [0.3, 0.4) is 0 Å². The van der Waals surface area contributed by atoms with Gasteiger partial charge in [-0.05, 0) is 19.9 Å². The van der Waals surface area contributed by atoms with Crippen molar-refractivity contribution in [3.63, 3.8) is 0 Å². The van der Waals surface area contributed by atoms with E-state index in [1.165, 1.54) is 0 Å². The summed E-state index contributed by atoms with van der Waals surface area (Å²) in [6.45, 7) is 6.19. The lowest BCUT2D eigenvalue weighted by Gasteiger charge is -2.36. The van der Waals surface area contributed by atoms with Gasteiger partial charge in [0.2, 0.25) is 5.91 Å². The number of amides is 1. The maximum atomic E-state index is 13.0. The van der Waals surface area contributed by atoms with Gasteiger partial charge in [0.15, 0.2) is 0 Å². The number of rotatable bonds is 5. The lowest BCUT2D eigenvalue weighted by Crippen LogP contribution is -2.49. The standard InChI is InChI=1S/C19H26N4O2.ClH/c1-14(2)25-17-7-5-4-6-15(17)12-18(24)23-11-8-20-13-16(23)19-21-9-10-22(19)3;/h4-7,9-10,14,16,20H,8,11-13H2,1-3H3;1H. The van der Waals surface area contributed by atoms with Gasteiger partial charge >= 0.3 is 0 Å². The Labute approximate surface area is 161 Å². The first kappa shape index (κ1) is 20.3. The predicted molar refractivity (Wildman–Crippen MR) is 104 cm³/mol. The van der Waals surface area contributed by atoms with Gasteiger partial charge in [-0.2, -0.15) is 0 Å². The first-order valence-electron chi connectivity index (χ1n) is 8.78. The molecule has 1 aromatic carbocycles. The minimum absolute atomic E-state index is 0. The molecule has 26 heavy (non-hydrogen) atoms. The van der Waals surface area contributed by atoms with E-state index in [1.54, 1.807) is 6.20 Å². The third-order valence-corrected chi connectivity index (χ3v) is 4.40. The number of carbonyl (C=O) groups is 1. The highest BCUT2D eigenvalue weighted by Gasteiger charge is 2.30. The van der Waals surface area contributed by atoms with Crippen molar-refractivity contribution >= 4 is 18.3 Å². The van der Waals surface area contributed by atoms with Crippen molar-refractivity contribution in [2.24, 2.45) is 7.05 Å². The zero-order valence-electron chi connectivity index (χ0n) is 15.5. The van der Waals surface area contributed by atoms with Crippen molar-refractivity contribution in [1.82, 2.24) is 19.8 Å². The summed E-state index contributed by atoms with van der Waals surface area (Å²) in [4.78, 5) is 19.4. The second-order valence-electron chi connectivity index (χ2n) is 6.65. The number of ether oxygens (including phenoxy) is 1. The monoisotopic (exact) mass is 378 g/mol. The zero-order chi connectivity index (χ0) is 17.8. The van der Waals surface area contributed by atoms with Crippen LogP contribution in [0.25, 0.3) is 0 Å². The summed E-state index contributed by atoms with van der Waals surface area (Å²) in [7, 11) is 1.96. The number of carbonyl (C=O) groups excluding carboxylic acids is 1. The second-order valence-corrected chi connectivity index (χ2v) is 6.65. The van der Waals surface area contributed by atoms with Gasteiger partial charge in [-0.1, -0.05) is 18.2 Å². The molecule has 1 unspecified atom stereocenters. The van der Waals surface area contributed by atoms with Gasteiger partial charge in [0.1, 0.15) is 17.6 Å². The van der Waals surface area contributed by atoms with Crippen LogP contribution >= 0.6 is 12.4 Å². The highest BCUT2D eigenvalue weighted by atomic mass is 35.5. The summed E-state index contributed by atoms with van der Waals surface area (Å²) in [5.74, 6) is 1.80. The van der Waals surface area contributed by atoms with E-state index in [1.807, 2.05) is 60.8 Å². The number of halogens is 1. The number of hydrogen-bond donors (Lipinski definition) is 1. The van der Waals surface area contributed by atoms with E-state index in [-0.39, 0.29) is 30.5 Å². The minimum atomic E-state index is -0.0422. The normalized spacial score (nSPS) is 17.1. The Hall–Kier alpha value is -2.05. The van der Waals surface area contributed by atoms with Gasteiger partial charge in [-0.25, -0.2) is 4.98 Å². The molecule has 0 radical (unpaired) electrons. The van der Waals surface area contributed by atoms with Crippen LogP contribution in [0.4, 0.5) is 0 Å². The quantitative estimate of drug-likeness (QED) is 0.867. The molecule has 0 bridgehead atoms. The molecule has 142 valence electrons. The van der Waals surface area contributed by atoms with Crippen LogP contribution in [0.15, 0.2) is 36.7 Å². The number of aromatic nitrogens is 2. The molecule has 1 N–H and O–H groups in total. The average molecular weight is 379 g/mol. The van der Waals surface area contributed by atoms with E-state index < -0.39 is 0 Å². The van der Waals surface area contributed by atoms with Crippen molar-refractivity contribution in [2.45, 2.75) is 32.4 Å². The second kappa shape index (κ2) is 9.05. The maximum absolute atomic E-state index is 13.0. The summed E-state index contributed by atoms with van der Waals surface area (Å²) in [5.41, 5.74) is 0.929. The van der Waals surface area contributed by atoms with E-state index in [9.17, 15) is 4.79 Å². The van der Waals surface area contributed by atoms with E-state index in [4.69, 9.17) is 4.74 Å². The van der Waals surface area contributed by atoms with E-state index in [2.05, 4.69) is 10.3 Å². The molecule has 6 nitrogen and oxygen atoms in total. The van der Waals surface area contributed by atoms with Gasteiger partial charge < -0.3 is 19.5 Å². The largest absolute Gasteiger partial charge is 0.491 e. The van der Waals surface area contributed by atoms with Crippen molar-refractivity contribution in [2.75, 3.05) is 19.6 Å². The average Bonchev–Trinajstić information content (AvgIpc) is 3.02. The van der Waals surface area contributed by atoms with Crippen LogP contribution in [0.2, 0.25) is 0 Å². The van der Waals surface area contributed by atoms with Gasteiger partial charge in [0, 0.05) is 44.6 Å². The molecule has 1 aliphatic rings. The summed E-state index contributed by atoms with van der Waals surface area (Å²) >= 11 is 0. The molecule has 1 amide bonds. The van der Waals surface area contributed by atoms with E-state index >= 15 is 0 Å². The van der Waals surface area contributed by atoms with Gasteiger partial charge in [0.05, 0.1) is 12.5 Å². The van der Waals surface area contributed by atoms with Crippen molar-refractivity contribution in [1.29, 1.82) is 0 Å². The van der Waals surface area contributed by atoms with Crippen molar-refractivity contribution < 1.29 is 9.53 Å². The fourth-order valence-electron chi connectivity index (χ4n) is 3.21. The Bertz CT molecular complexity index is 732. The van der Waals surface area contributed by atoms with Crippen LogP contribution in [0.1, 0.15) is 31.3 Å². The smallest absolute Gasteiger partial charge is 0.227 e. The van der Waals surface area contributed by atoms with Crippen molar-refractivity contribution in [3.8, 4) is 5.75 Å². The van der Waals surface area contributed by atoms with Gasteiger partial charge in [-0.3, -0.25) is 4.79 Å². The van der Waals surface area contributed by atoms with Crippen LogP contribution in [-0.2, 0) is 18.3 Å². The summed E-state index contributed by atoms with van der Waals surface area (Å²) in [6, 6.07) is 7.74. The molecule has 1 fully saturated rings. The third-order valence-electron chi connectivity index (χ3n) is 4.40. The third kappa shape index (κ3) is 4.56. The molecular weight excluding hydrogens is 352 g/mol. The fraction of sp³-hybridized carbons (Fsp3) is 0.474. The summed E-state index contributed by atoms with van der Waals surface area (Å²) in [5, 5.41) is 3.36. The molecule has 2 heterocycles. The Morgan fingerprint density at radius 2 is 2.15 bits per heavy atom. The number of piperazine rings is 1. The number of nitrogens with one attached hydrogen (secondary N) is 1. The molecule has 1 aromatic heterocycles. The lowest BCUT2D eigenvalue weighted by molar-refractivity contribution is -0.134. The van der Waals surface area contributed by atoms with Gasteiger partial charge in [0.25, 0.3) is 0 Å². The Kier molecular flexibility index (Phi) is 7.06. The molecule has 0 saturated carbocycles. The molecule has 3 rings (SSSR count). The number of hydrogen-bond acceptors (Lipinski definition) is 4. The number of para-hydroxylation sites is 1. The molecule has 0 aliphatic carbocycles.